The van der Waals surface area contributed by atoms with Crippen LogP contribution in [0.3, 0.4) is 0 Å². The van der Waals surface area contributed by atoms with Gasteiger partial charge in [-0.15, -0.1) is 0 Å². The Kier molecular flexibility index (Phi) is 4.33. The second-order valence-electron chi connectivity index (χ2n) is 7.31. The number of nitrogens with zero attached hydrogens (tertiary/aromatic N) is 7. The van der Waals surface area contributed by atoms with E-state index in [2.05, 4.69) is 36.3 Å². The number of hydrogen-bond acceptors (Lipinski definition) is 7. The van der Waals surface area contributed by atoms with Crippen molar-refractivity contribution in [2.24, 2.45) is 7.05 Å². The van der Waals surface area contributed by atoms with Crippen LogP contribution in [-0.2, 0) is 7.05 Å². The molecule has 0 saturated carbocycles. The van der Waals surface area contributed by atoms with E-state index in [9.17, 15) is 5.26 Å². The molecule has 9 heteroatoms. The zero-order chi connectivity index (χ0) is 21.5. The highest BCUT2D eigenvalue weighted by atomic mass is 16.5. The first-order valence-corrected chi connectivity index (χ1v) is 9.69. The van der Waals surface area contributed by atoms with Crippen LogP contribution < -0.4 is 4.74 Å². The number of ether oxygens (including phenoxy) is 1. The monoisotopic (exact) mass is 410 g/mol. The minimum absolute atomic E-state index is 0.406. The van der Waals surface area contributed by atoms with E-state index < -0.39 is 6.10 Å². The fourth-order valence-corrected chi connectivity index (χ4v) is 3.65. The molecule has 4 aromatic heterocycles. The van der Waals surface area contributed by atoms with Crippen LogP contribution in [0, 0.1) is 18.3 Å². The highest BCUT2D eigenvalue weighted by Gasteiger charge is 2.19. The molecule has 0 fully saturated rings. The van der Waals surface area contributed by atoms with Gasteiger partial charge < -0.3 is 4.74 Å². The molecule has 1 aromatic carbocycles. The summed E-state index contributed by atoms with van der Waals surface area (Å²) in [5, 5.41) is 22.2. The molecule has 1 atom stereocenters. The molecule has 1 N–H and O–H groups in total. The number of nitrogens with one attached hydrogen (secondary N) is 1. The van der Waals surface area contributed by atoms with Gasteiger partial charge in [0.05, 0.1) is 22.8 Å². The van der Waals surface area contributed by atoms with Gasteiger partial charge in [0.2, 0.25) is 0 Å². The van der Waals surface area contributed by atoms with Gasteiger partial charge in [0.1, 0.15) is 34.8 Å². The number of aryl methyl sites for hydroxylation is 2. The molecule has 0 spiro atoms. The zero-order valence-electron chi connectivity index (χ0n) is 17.2. The summed E-state index contributed by atoms with van der Waals surface area (Å²) >= 11 is 0. The molecule has 31 heavy (non-hydrogen) atoms. The van der Waals surface area contributed by atoms with Crippen molar-refractivity contribution in [3.63, 3.8) is 0 Å². The summed E-state index contributed by atoms with van der Waals surface area (Å²) in [7, 11) is 1.85. The number of hydrogen-bond donors (Lipinski definition) is 1. The molecule has 0 bridgehead atoms. The van der Waals surface area contributed by atoms with Crippen molar-refractivity contribution in [3.05, 3.63) is 59.9 Å². The van der Waals surface area contributed by atoms with Crippen molar-refractivity contribution in [2.75, 3.05) is 0 Å². The fraction of sp³-hybridized carbons (Fsp3) is 0.182. The molecule has 0 saturated heterocycles. The minimum atomic E-state index is -0.447. The summed E-state index contributed by atoms with van der Waals surface area (Å²) in [6.07, 6.45) is 6.47. The molecule has 0 amide bonds. The van der Waals surface area contributed by atoms with Gasteiger partial charge in [-0.3, -0.25) is 24.7 Å². The van der Waals surface area contributed by atoms with Crippen LogP contribution in [0.4, 0.5) is 0 Å². The maximum atomic E-state index is 9.69. The van der Waals surface area contributed by atoms with Crippen LogP contribution in [0.15, 0.2) is 43.0 Å². The summed E-state index contributed by atoms with van der Waals surface area (Å²) in [5.41, 5.74) is 5.71. The molecule has 5 rings (SSSR count). The number of pyridine rings is 1. The topological polar surface area (TPSA) is 118 Å². The first kappa shape index (κ1) is 18.7. The van der Waals surface area contributed by atoms with E-state index >= 15 is 0 Å². The Morgan fingerprint density at radius 2 is 2.03 bits per heavy atom. The van der Waals surface area contributed by atoms with E-state index in [1.54, 1.807) is 29.3 Å². The Morgan fingerprint density at radius 3 is 2.81 bits per heavy atom. The average molecular weight is 410 g/mol. The first-order chi connectivity index (χ1) is 15.0. The zero-order valence-corrected chi connectivity index (χ0v) is 17.2. The van der Waals surface area contributed by atoms with Crippen molar-refractivity contribution < 1.29 is 4.74 Å². The lowest BCUT2D eigenvalue weighted by Crippen LogP contribution is -2.09. The summed E-state index contributed by atoms with van der Waals surface area (Å²) in [5.74, 6) is 0.453. The highest BCUT2D eigenvalue weighted by molar-refractivity contribution is 5.94. The number of fused-ring (bicyclic) bond motifs is 2. The standard InChI is InChI=1S/C22H18N8O/c1-12-6-18-22(25-5-4-24-18)20(27-12)13(2)31-19-8-16-17(7-14(19)9-23)28-29-21(16)15-10-26-30(3)11-15/h4-8,10-11,13H,1-3H3,(H,28,29). The van der Waals surface area contributed by atoms with E-state index in [4.69, 9.17) is 4.74 Å². The predicted molar refractivity (Wildman–Crippen MR) is 114 cm³/mol. The van der Waals surface area contributed by atoms with Crippen LogP contribution in [0.1, 0.15) is 30.0 Å². The average Bonchev–Trinajstić information content (AvgIpc) is 3.37. The van der Waals surface area contributed by atoms with Gasteiger partial charge in [0, 0.05) is 42.3 Å². The molecule has 0 aliphatic rings. The van der Waals surface area contributed by atoms with Gasteiger partial charge in [-0.05, 0) is 32.0 Å². The summed E-state index contributed by atoms with van der Waals surface area (Å²) in [4.78, 5) is 13.4. The van der Waals surface area contributed by atoms with E-state index in [1.165, 1.54) is 0 Å². The molecule has 9 nitrogen and oxygen atoms in total. The lowest BCUT2D eigenvalue weighted by Gasteiger charge is -2.17. The Balaban J connectivity index is 1.59. The maximum absolute atomic E-state index is 9.69. The van der Waals surface area contributed by atoms with E-state index in [0.29, 0.717) is 22.5 Å². The van der Waals surface area contributed by atoms with Gasteiger partial charge >= 0.3 is 0 Å². The number of aromatic nitrogens is 7. The largest absolute Gasteiger partial charge is 0.483 e. The molecular formula is C22H18N8O. The van der Waals surface area contributed by atoms with Crippen LogP contribution in [0.5, 0.6) is 5.75 Å². The lowest BCUT2D eigenvalue weighted by atomic mass is 10.1. The second-order valence-corrected chi connectivity index (χ2v) is 7.31. The molecule has 5 aromatic rings. The maximum Gasteiger partial charge on any atom is 0.140 e. The number of H-pyrrole nitrogens is 1. The smallest absolute Gasteiger partial charge is 0.140 e. The van der Waals surface area contributed by atoms with Crippen molar-refractivity contribution in [1.82, 2.24) is 34.9 Å². The third kappa shape index (κ3) is 3.24. The Bertz CT molecular complexity index is 1480. The molecule has 0 aliphatic heterocycles. The van der Waals surface area contributed by atoms with Crippen molar-refractivity contribution in [3.8, 4) is 23.1 Å². The molecule has 4 heterocycles. The van der Waals surface area contributed by atoms with Crippen molar-refractivity contribution in [2.45, 2.75) is 20.0 Å². The second kappa shape index (κ2) is 7.18. The van der Waals surface area contributed by atoms with Crippen LogP contribution in [0.25, 0.3) is 33.2 Å². The van der Waals surface area contributed by atoms with Gasteiger partial charge in [0.15, 0.2) is 0 Å². The van der Waals surface area contributed by atoms with Crippen molar-refractivity contribution >= 4 is 21.9 Å². The molecule has 152 valence electrons. The fourth-order valence-electron chi connectivity index (χ4n) is 3.65. The Labute approximate surface area is 177 Å². The summed E-state index contributed by atoms with van der Waals surface area (Å²) in [6.45, 7) is 3.79. The third-order valence-corrected chi connectivity index (χ3v) is 5.06. The van der Waals surface area contributed by atoms with E-state index in [1.807, 2.05) is 39.2 Å². The van der Waals surface area contributed by atoms with E-state index in [-0.39, 0.29) is 0 Å². The number of nitriles is 1. The van der Waals surface area contributed by atoms with Crippen LogP contribution in [-0.4, -0.2) is 34.9 Å². The number of benzene rings is 1. The van der Waals surface area contributed by atoms with Crippen molar-refractivity contribution in [1.29, 1.82) is 5.26 Å². The predicted octanol–water partition coefficient (Wildman–Crippen LogP) is 3.62. The molecule has 0 aliphatic carbocycles. The Morgan fingerprint density at radius 1 is 1.19 bits per heavy atom. The van der Waals surface area contributed by atoms with Gasteiger partial charge in [-0.25, -0.2) is 0 Å². The lowest BCUT2D eigenvalue weighted by molar-refractivity contribution is 0.223. The van der Waals surface area contributed by atoms with Crippen LogP contribution in [0.2, 0.25) is 0 Å². The molecule has 1 unspecified atom stereocenters. The summed E-state index contributed by atoms with van der Waals surface area (Å²) in [6, 6.07) is 7.67. The molecule has 0 radical (unpaired) electrons. The first-order valence-electron chi connectivity index (χ1n) is 9.69. The Hall–Kier alpha value is -4.32. The highest BCUT2D eigenvalue weighted by Crippen LogP contribution is 2.34. The number of aromatic amines is 1. The third-order valence-electron chi connectivity index (χ3n) is 5.06. The van der Waals surface area contributed by atoms with Gasteiger partial charge in [-0.2, -0.15) is 15.5 Å². The quantitative estimate of drug-likeness (QED) is 0.481. The van der Waals surface area contributed by atoms with Gasteiger partial charge in [-0.1, -0.05) is 0 Å². The minimum Gasteiger partial charge on any atom is -0.483 e. The normalized spacial score (nSPS) is 12.2. The SMILES string of the molecule is Cc1cc2nccnc2c(C(C)Oc2cc3c(-c4cnn(C)c4)n[nH]c3cc2C#N)n1. The van der Waals surface area contributed by atoms with E-state index in [0.717, 1.165) is 33.4 Å². The van der Waals surface area contributed by atoms with Crippen LogP contribution >= 0.6 is 0 Å². The number of rotatable bonds is 4. The molecular weight excluding hydrogens is 392 g/mol. The van der Waals surface area contributed by atoms with Gasteiger partial charge in [0.25, 0.3) is 0 Å². The summed E-state index contributed by atoms with van der Waals surface area (Å²) < 4.78 is 7.96.